The lowest BCUT2D eigenvalue weighted by Crippen LogP contribution is -2.39. The Morgan fingerprint density at radius 3 is 2.62 bits per heavy atom. The fraction of sp³-hybridized carbons (Fsp3) is 0.562. The summed E-state index contributed by atoms with van der Waals surface area (Å²) in [6.07, 6.45) is 2.15. The van der Waals surface area contributed by atoms with E-state index in [1.807, 2.05) is 18.2 Å². The number of para-hydroxylation sites is 1. The first kappa shape index (κ1) is 17.5. The second-order valence-electron chi connectivity index (χ2n) is 5.49. The molecule has 3 N–H and O–H groups in total. The minimum Gasteiger partial charge on any atom is -0.496 e. The molecule has 1 amide bonds. The van der Waals surface area contributed by atoms with Crippen molar-refractivity contribution in [2.45, 2.75) is 45.2 Å². The van der Waals surface area contributed by atoms with Gasteiger partial charge in [-0.1, -0.05) is 18.2 Å². The number of ether oxygens (including phenoxy) is 1. The summed E-state index contributed by atoms with van der Waals surface area (Å²) in [4.78, 5) is 13.5. The van der Waals surface area contributed by atoms with Gasteiger partial charge >= 0.3 is 0 Å². The molecule has 5 nitrogen and oxygen atoms in total. The van der Waals surface area contributed by atoms with Gasteiger partial charge in [-0.25, -0.2) is 5.84 Å². The van der Waals surface area contributed by atoms with Crippen molar-refractivity contribution in [3.8, 4) is 5.75 Å². The maximum atomic E-state index is 11.2. The lowest BCUT2D eigenvalue weighted by molar-refractivity contribution is -0.121. The normalized spacial score (nSPS) is 13.8. The fourth-order valence-corrected chi connectivity index (χ4v) is 2.38. The lowest BCUT2D eigenvalue weighted by atomic mass is 10.0. The molecule has 0 saturated heterocycles. The van der Waals surface area contributed by atoms with Crippen molar-refractivity contribution in [1.29, 1.82) is 0 Å². The van der Waals surface area contributed by atoms with E-state index in [1.54, 1.807) is 7.11 Å². The van der Waals surface area contributed by atoms with E-state index in [1.165, 1.54) is 5.56 Å². The van der Waals surface area contributed by atoms with Gasteiger partial charge in [-0.3, -0.25) is 10.2 Å². The van der Waals surface area contributed by atoms with Crippen LogP contribution in [-0.4, -0.2) is 37.0 Å². The predicted octanol–water partition coefficient (Wildman–Crippen LogP) is 1.72. The molecule has 0 aromatic heterocycles. The number of methoxy groups -OCH3 is 1. The van der Waals surface area contributed by atoms with E-state index in [0.717, 1.165) is 18.6 Å². The number of benzene rings is 1. The van der Waals surface area contributed by atoms with Crippen LogP contribution in [0, 0.1) is 0 Å². The van der Waals surface area contributed by atoms with Crippen molar-refractivity contribution in [2.24, 2.45) is 5.84 Å². The summed E-state index contributed by atoms with van der Waals surface area (Å²) in [5.41, 5.74) is 3.37. The summed E-state index contributed by atoms with van der Waals surface area (Å²) in [7, 11) is 3.78. The topological polar surface area (TPSA) is 67.6 Å². The molecule has 0 bridgehead atoms. The molecule has 0 aliphatic rings. The zero-order valence-corrected chi connectivity index (χ0v) is 13.4. The zero-order chi connectivity index (χ0) is 15.8. The van der Waals surface area contributed by atoms with Crippen LogP contribution in [0.5, 0.6) is 5.75 Å². The van der Waals surface area contributed by atoms with Crippen molar-refractivity contribution < 1.29 is 9.53 Å². The van der Waals surface area contributed by atoms with E-state index in [2.05, 4.69) is 37.3 Å². The molecule has 2 atom stereocenters. The van der Waals surface area contributed by atoms with Gasteiger partial charge in [0, 0.05) is 18.5 Å². The van der Waals surface area contributed by atoms with Gasteiger partial charge < -0.3 is 9.64 Å². The van der Waals surface area contributed by atoms with Crippen molar-refractivity contribution in [3.05, 3.63) is 29.8 Å². The summed E-state index contributed by atoms with van der Waals surface area (Å²) in [5.74, 6) is 5.91. The molecule has 21 heavy (non-hydrogen) atoms. The number of rotatable bonds is 8. The van der Waals surface area contributed by atoms with E-state index in [9.17, 15) is 4.79 Å². The molecule has 1 aromatic rings. The van der Waals surface area contributed by atoms with Gasteiger partial charge in [0.25, 0.3) is 0 Å². The van der Waals surface area contributed by atoms with Gasteiger partial charge in [-0.15, -0.1) is 0 Å². The molecule has 1 rings (SSSR count). The molecule has 0 radical (unpaired) electrons. The number of nitrogens with two attached hydrogens (primary N) is 1. The highest BCUT2D eigenvalue weighted by Crippen LogP contribution is 2.21. The molecule has 0 fully saturated rings. The highest BCUT2D eigenvalue weighted by molar-refractivity contribution is 5.75. The first-order valence-corrected chi connectivity index (χ1v) is 7.32. The van der Waals surface area contributed by atoms with Crippen LogP contribution in [0.25, 0.3) is 0 Å². The van der Waals surface area contributed by atoms with Crippen LogP contribution in [-0.2, 0) is 11.2 Å². The summed E-state index contributed by atoms with van der Waals surface area (Å²) in [5, 5.41) is 0. The Hall–Kier alpha value is -1.59. The molecule has 0 spiro atoms. The number of amides is 1. The maximum absolute atomic E-state index is 11.2. The minimum atomic E-state index is -0.118. The Kier molecular flexibility index (Phi) is 7.19. The van der Waals surface area contributed by atoms with E-state index in [-0.39, 0.29) is 5.91 Å². The highest BCUT2D eigenvalue weighted by atomic mass is 16.5. The maximum Gasteiger partial charge on any atom is 0.233 e. The molecule has 0 saturated carbocycles. The van der Waals surface area contributed by atoms with Crippen LogP contribution in [0.2, 0.25) is 0 Å². The number of nitrogens with zero attached hydrogens (tertiary/aromatic N) is 1. The second-order valence-corrected chi connectivity index (χ2v) is 5.49. The van der Waals surface area contributed by atoms with Gasteiger partial charge in [0.1, 0.15) is 5.75 Å². The summed E-state index contributed by atoms with van der Waals surface area (Å²) < 4.78 is 5.39. The Balaban J connectivity index is 2.57. The third-order valence-electron chi connectivity index (χ3n) is 4.05. The molecular weight excluding hydrogens is 266 g/mol. The zero-order valence-electron chi connectivity index (χ0n) is 13.4. The number of carbonyl (C=O) groups is 1. The summed E-state index contributed by atoms with van der Waals surface area (Å²) in [6.45, 7) is 4.31. The summed E-state index contributed by atoms with van der Waals surface area (Å²) in [6, 6.07) is 8.75. The summed E-state index contributed by atoms with van der Waals surface area (Å²) >= 11 is 0. The SMILES string of the molecule is COc1ccccc1CC(C)N(C)C(C)CCC(=O)NN. The Bertz CT molecular complexity index is 451. The van der Waals surface area contributed by atoms with Gasteiger partial charge in [0.05, 0.1) is 7.11 Å². The van der Waals surface area contributed by atoms with Crippen LogP contribution in [0.15, 0.2) is 24.3 Å². The van der Waals surface area contributed by atoms with Crippen molar-refractivity contribution in [2.75, 3.05) is 14.2 Å². The predicted molar refractivity (Wildman–Crippen MR) is 84.9 cm³/mol. The van der Waals surface area contributed by atoms with Crippen LogP contribution in [0.1, 0.15) is 32.3 Å². The van der Waals surface area contributed by atoms with Crippen molar-refractivity contribution >= 4 is 5.91 Å². The second kappa shape index (κ2) is 8.64. The number of likely N-dealkylation sites (N-methyl/N-ethyl adjacent to an activating group) is 1. The van der Waals surface area contributed by atoms with Gasteiger partial charge in [0.15, 0.2) is 0 Å². The van der Waals surface area contributed by atoms with Gasteiger partial charge in [-0.05, 0) is 45.4 Å². The monoisotopic (exact) mass is 293 g/mol. The third kappa shape index (κ3) is 5.36. The minimum absolute atomic E-state index is 0.118. The van der Waals surface area contributed by atoms with Crippen LogP contribution in [0.3, 0.4) is 0 Å². The molecule has 0 heterocycles. The standard InChI is InChI=1S/C16H27N3O2/c1-12(9-10-16(20)18-17)19(3)13(2)11-14-7-5-6-8-15(14)21-4/h5-8,12-13H,9-11,17H2,1-4H3,(H,18,20). The van der Waals surface area contributed by atoms with E-state index in [0.29, 0.717) is 18.5 Å². The quantitative estimate of drug-likeness (QED) is 0.435. The van der Waals surface area contributed by atoms with Crippen molar-refractivity contribution in [1.82, 2.24) is 10.3 Å². The average molecular weight is 293 g/mol. The van der Waals surface area contributed by atoms with Gasteiger partial charge in [-0.2, -0.15) is 0 Å². The van der Waals surface area contributed by atoms with Crippen LogP contribution >= 0.6 is 0 Å². The molecule has 0 aliphatic carbocycles. The number of carbonyl (C=O) groups excluding carboxylic acids is 1. The third-order valence-corrected chi connectivity index (χ3v) is 4.05. The van der Waals surface area contributed by atoms with E-state index < -0.39 is 0 Å². The molecule has 2 unspecified atom stereocenters. The van der Waals surface area contributed by atoms with Crippen LogP contribution in [0.4, 0.5) is 0 Å². The Morgan fingerprint density at radius 2 is 2.00 bits per heavy atom. The smallest absolute Gasteiger partial charge is 0.233 e. The first-order chi connectivity index (χ1) is 9.99. The lowest BCUT2D eigenvalue weighted by Gasteiger charge is -2.31. The van der Waals surface area contributed by atoms with Crippen LogP contribution < -0.4 is 16.0 Å². The number of nitrogens with one attached hydrogen (secondary N) is 1. The fourth-order valence-electron chi connectivity index (χ4n) is 2.38. The molecule has 5 heteroatoms. The van der Waals surface area contributed by atoms with Gasteiger partial charge in [0.2, 0.25) is 5.91 Å². The largest absolute Gasteiger partial charge is 0.496 e. The Morgan fingerprint density at radius 1 is 1.33 bits per heavy atom. The van der Waals surface area contributed by atoms with Crippen molar-refractivity contribution in [3.63, 3.8) is 0 Å². The first-order valence-electron chi connectivity index (χ1n) is 7.32. The average Bonchev–Trinajstić information content (AvgIpc) is 2.51. The van der Waals surface area contributed by atoms with E-state index in [4.69, 9.17) is 10.6 Å². The molecule has 1 aromatic carbocycles. The highest BCUT2D eigenvalue weighted by Gasteiger charge is 2.18. The Labute approximate surface area is 127 Å². The molecule has 0 aliphatic heterocycles. The molecule has 118 valence electrons. The number of hydrazine groups is 1. The molecular formula is C16H27N3O2. The number of hydrogen-bond donors (Lipinski definition) is 2. The van der Waals surface area contributed by atoms with E-state index >= 15 is 0 Å². The number of hydrogen-bond acceptors (Lipinski definition) is 4.